The highest BCUT2D eigenvalue weighted by molar-refractivity contribution is 6.31. The predicted octanol–water partition coefficient (Wildman–Crippen LogP) is 3.55. The van der Waals surface area contributed by atoms with Crippen molar-refractivity contribution in [3.05, 3.63) is 75.4 Å². The van der Waals surface area contributed by atoms with Crippen LogP contribution in [0.4, 0.5) is 10.1 Å². The largest absolute Gasteiger partial charge is 0.422 e. The minimum absolute atomic E-state index is 0.00000106. The highest BCUT2D eigenvalue weighted by Gasteiger charge is 2.25. The van der Waals surface area contributed by atoms with Gasteiger partial charge in [-0.2, -0.15) is 0 Å². The number of carbonyl (C=O) groups is 1. The molecule has 27 heavy (non-hydrogen) atoms. The van der Waals surface area contributed by atoms with Gasteiger partial charge >= 0.3 is 5.63 Å². The Morgan fingerprint density at radius 2 is 1.70 bits per heavy atom. The first-order valence-electron chi connectivity index (χ1n) is 8.54. The molecule has 2 heterocycles. The maximum atomic E-state index is 13.1. The van der Waals surface area contributed by atoms with Gasteiger partial charge in [0.1, 0.15) is 17.0 Å². The number of halogens is 2. The first kappa shape index (κ1) is 17.5. The van der Waals surface area contributed by atoms with Gasteiger partial charge < -0.3 is 14.2 Å². The molecule has 0 atom stereocenters. The van der Waals surface area contributed by atoms with Gasteiger partial charge in [0.05, 0.1) is 0 Å². The van der Waals surface area contributed by atoms with Crippen LogP contribution in [-0.4, -0.2) is 37.0 Å². The SMILES string of the molecule is O=C(c1cc2cc(Cl)ccc2oc1=O)N1CCN(c2ccc(F)cc2)CC1. The van der Waals surface area contributed by atoms with Gasteiger partial charge in [0, 0.05) is 42.3 Å². The van der Waals surface area contributed by atoms with Crippen LogP contribution in [0, 0.1) is 5.82 Å². The number of amides is 1. The van der Waals surface area contributed by atoms with Gasteiger partial charge in [0.2, 0.25) is 0 Å². The summed E-state index contributed by atoms with van der Waals surface area (Å²) in [6.07, 6.45) is 0. The number of nitrogens with zero attached hydrogens (tertiary/aromatic N) is 2. The lowest BCUT2D eigenvalue weighted by molar-refractivity contribution is 0.0742. The molecular formula is C20H16ClFN2O3. The van der Waals surface area contributed by atoms with Gasteiger partial charge in [0.25, 0.3) is 5.91 Å². The van der Waals surface area contributed by atoms with Crippen LogP contribution in [0.2, 0.25) is 5.02 Å². The molecule has 1 aliphatic rings. The molecule has 5 nitrogen and oxygen atoms in total. The lowest BCUT2D eigenvalue weighted by Gasteiger charge is -2.36. The number of hydrogen-bond donors (Lipinski definition) is 0. The number of hydrogen-bond acceptors (Lipinski definition) is 4. The van der Waals surface area contributed by atoms with Gasteiger partial charge in [-0.1, -0.05) is 11.6 Å². The van der Waals surface area contributed by atoms with Crippen LogP contribution in [0.25, 0.3) is 11.0 Å². The molecule has 1 fully saturated rings. The third kappa shape index (κ3) is 3.53. The van der Waals surface area contributed by atoms with Crippen LogP contribution in [0.3, 0.4) is 0 Å². The smallest absolute Gasteiger partial charge is 0.349 e. The van der Waals surface area contributed by atoms with E-state index in [1.54, 1.807) is 35.2 Å². The molecule has 0 saturated carbocycles. The summed E-state index contributed by atoms with van der Waals surface area (Å²) >= 11 is 5.98. The van der Waals surface area contributed by atoms with Crippen LogP contribution in [0.15, 0.2) is 57.7 Å². The third-order valence-corrected chi connectivity index (χ3v) is 4.92. The molecule has 7 heteroatoms. The second-order valence-electron chi connectivity index (χ2n) is 6.39. The van der Waals surface area contributed by atoms with Gasteiger partial charge in [-0.15, -0.1) is 0 Å². The van der Waals surface area contributed by atoms with Crippen molar-refractivity contribution in [3.63, 3.8) is 0 Å². The molecule has 0 aliphatic carbocycles. The molecule has 0 unspecified atom stereocenters. The average Bonchev–Trinajstić information content (AvgIpc) is 2.68. The van der Waals surface area contributed by atoms with E-state index in [4.69, 9.17) is 16.0 Å². The minimum Gasteiger partial charge on any atom is -0.422 e. The molecule has 2 aromatic carbocycles. The molecule has 1 aliphatic heterocycles. The monoisotopic (exact) mass is 386 g/mol. The van der Waals surface area contributed by atoms with Crippen molar-refractivity contribution >= 4 is 34.2 Å². The topological polar surface area (TPSA) is 53.8 Å². The summed E-state index contributed by atoms with van der Waals surface area (Å²) in [7, 11) is 0. The molecule has 0 bridgehead atoms. The van der Waals surface area contributed by atoms with E-state index in [0.717, 1.165) is 5.69 Å². The fourth-order valence-electron chi connectivity index (χ4n) is 3.23. The van der Waals surface area contributed by atoms with E-state index in [1.807, 2.05) is 0 Å². The van der Waals surface area contributed by atoms with Crippen molar-refractivity contribution in [1.82, 2.24) is 4.90 Å². The quantitative estimate of drug-likeness (QED) is 0.632. The zero-order valence-electron chi connectivity index (χ0n) is 14.3. The van der Waals surface area contributed by atoms with E-state index in [1.165, 1.54) is 18.2 Å². The Morgan fingerprint density at radius 3 is 2.41 bits per heavy atom. The molecule has 0 spiro atoms. The molecule has 1 saturated heterocycles. The summed E-state index contributed by atoms with van der Waals surface area (Å²) in [5.41, 5.74) is 0.640. The molecule has 1 aromatic heterocycles. The Balaban J connectivity index is 1.52. The van der Waals surface area contributed by atoms with E-state index in [2.05, 4.69) is 4.90 Å². The number of carbonyl (C=O) groups excluding carboxylic acids is 1. The summed E-state index contributed by atoms with van der Waals surface area (Å²) in [6.45, 7) is 2.12. The molecule has 4 rings (SSSR count). The zero-order valence-corrected chi connectivity index (χ0v) is 15.1. The Morgan fingerprint density at radius 1 is 1.00 bits per heavy atom. The molecule has 3 aromatic rings. The van der Waals surface area contributed by atoms with E-state index < -0.39 is 5.63 Å². The lowest BCUT2D eigenvalue weighted by Crippen LogP contribution is -2.49. The first-order chi connectivity index (χ1) is 13.0. The van der Waals surface area contributed by atoms with Crippen LogP contribution >= 0.6 is 11.6 Å². The third-order valence-electron chi connectivity index (χ3n) is 4.68. The van der Waals surface area contributed by atoms with Crippen LogP contribution in [0.1, 0.15) is 10.4 Å². The highest BCUT2D eigenvalue weighted by atomic mass is 35.5. The molecule has 0 N–H and O–H groups in total. The summed E-state index contributed by atoms with van der Waals surface area (Å²) in [6, 6.07) is 12.7. The van der Waals surface area contributed by atoms with Crippen LogP contribution in [0.5, 0.6) is 0 Å². The standard InChI is InChI=1S/C20H16ClFN2O3/c21-14-1-6-18-13(11-14)12-17(20(26)27-18)19(25)24-9-7-23(8-10-24)16-4-2-15(22)3-5-16/h1-6,11-12H,7-10H2. The zero-order chi connectivity index (χ0) is 19.0. The van der Waals surface area contributed by atoms with Gasteiger partial charge in [0.15, 0.2) is 0 Å². The Kier molecular flexibility index (Phi) is 4.58. The van der Waals surface area contributed by atoms with Crippen molar-refractivity contribution < 1.29 is 13.6 Å². The fraction of sp³-hybridized carbons (Fsp3) is 0.200. The second kappa shape index (κ2) is 7.04. The highest BCUT2D eigenvalue weighted by Crippen LogP contribution is 2.21. The molecular weight excluding hydrogens is 371 g/mol. The fourth-order valence-corrected chi connectivity index (χ4v) is 3.41. The number of benzene rings is 2. The summed E-state index contributed by atoms with van der Waals surface area (Å²) in [4.78, 5) is 28.7. The first-order valence-corrected chi connectivity index (χ1v) is 8.92. The van der Waals surface area contributed by atoms with Crippen LogP contribution < -0.4 is 10.5 Å². The van der Waals surface area contributed by atoms with Crippen molar-refractivity contribution in [3.8, 4) is 0 Å². The maximum Gasteiger partial charge on any atom is 0.349 e. The summed E-state index contributed by atoms with van der Waals surface area (Å²) in [5, 5.41) is 1.11. The minimum atomic E-state index is -0.657. The number of piperazine rings is 1. The van der Waals surface area contributed by atoms with E-state index in [-0.39, 0.29) is 17.3 Å². The number of rotatable bonds is 2. The summed E-state index contributed by atoms with van der Waals surface area (Å²) in [5.74, 6) is -0.639. The van der Waals surface area contributed by atoms with Crippen molar-refractivity contribution in [2.45, 2.75) is 0 Å². The van der Waals surface area contributed by atoms with Gasteiger partial charge in [-0.05, 0) is 48.5 Å². The molecule has 0 radical (unpaired) electrons. The van der Waals surface area contributed by atoms with Crippen LogP contribution in [-0.2, 0) is 0 Å². The van der Waals surface area contributed by atoms with Crippen molar-refractivity contribution in [1.29, 1.82) is 0 Å². The van der Waals surface area contributed by atoms with Crippen molar-refractivity contribution in [2.24, 2.45) is 0 Å². The molecule has 1 amide bonds. The predicted molar refractivity (Wildman–Crippen MR) is 102 cm³/mol. The van der Waals surface area contributed by atoms with Crippen molar-refractivity contribution in [2.75, 3.05) is 31.1 Å². The Hall–Kier alpha value is -2.86. The number of fused-ring (bicyclic) bond motifs is 1. The normalized spacial score (nSPS) is 14.6. The average molecular weight is 387 g/mol. The number of anilines is 1. The maximum absolute atomic E-state index is 13.1. The summed E-state index contributed by atoms with van der Waals surface area (Å²) < 4.78 is 18.3. The van der Waals surface area contributed by atoms with E-state index in [9.17, 15) is 14.0 Å². The van der Waals surface area contributed by atoms with E-state index in [0.29, 0.717) is 42.2 Å². The Bertz CT molecular complexity index is 1060. The second-order valence-corrected chi connectivity index (χ2v) is 6.82. The molecule has 138 valence electrons. The Labute approximate surface area is 159 Å². The van der Waals surface area contributed by atoms with Gasteiger partial charge in [-0.3, -0.25) is 4.79 Å². The van der Waals surface area contributed by atoms with E-state index >= 15 is 0 Å². The van der Waals surface area contributed by atoms with Gasteiger partial charge in [-0.25, -0.2) is 9.18 Å². The lowest BCUT2D eigenvalue weighted by atomic mass is 10.1.